The number of fused-ring (bicyclic) bond motifs is 1. The fourth-order valence-corrected chi connectivity index (χ4v) is 4.79. The number of carbonyl (C=O) groups is 3. The van der Waals surface area contributed by atoms with Gasteiger partial charge >= 0.3 is 0 Å². The van der Waals surface area contributed by atoms with Crippen molar-refractivity contribution in [2.45, 2.75) is 38.3 Å². The van der Waals surface area contributed by atoms with Crippen LogP contribution in [0, 0.1) is 5.41 Å². The molecule has 0 aromatic heterocycles. The Bertz CT molecular complexity index is 1200. The zero-order valence-corrected chi connectivity index (χ0v) is 22.0. The van der Waals surface area contributed by atoms with Gasteiger partial charge in [0.2, 0.25) is 11.8 Å². The fourth-order valence-electron chi connectivity index (χ4n) is 4.66. The number of likely N-dealkylation sites (tertiary alicyclic amines) is 1. The van der Waals surface area contributed by atoms with Crippen molar-refractivity contribution in [1.29, 1.82) is 0 Å². The average molecular weight is 526 g/mol. The number of piperidine rings is 1. The minimum Gasteiger partial charge on any atom is -0.491 e. The van der Waals surface area contributed by atoms with Crippen LogP contribution in [0.5, 0.6) is 5.75 Å². The third-order valence-electron chi connectivity index (χ3n) is 6.69. The SMILES string of the molecule is CN1N=C2CCN(C(=O)C(COc3ccc(Cl)cc3)NC(=O)C(C)(C)N)C[C@@]2(Cc2ccccc2)C1=O. The van der Waals surface area contributed by atoms with E-state index in [1.807, 2.05) is 30.3 Å². The van der Waals surface area contributed by atoms with E-state index in [2.05, 4.69) is 10.4 Å². The second-order valence-corrected chi connectivity index (χ2v) is 10.6. The van der Waals surface area contributed by atoms with Crippen LogP contribution in [0.3, 0.4) is 0 Å². The fraction of sp³-hybridized carbons (Fsp3) is 0.407. The highest BCUT2D eigenvalue weighted by Gasteiger charge is 2.54. The van der Waals surface area contributed by atoms with Crippen molar-refractivity contribution >= 4 is 35.0 Å². The van der Waals surface area contributed by atoms with Crippen molar-refractivity contribution in [2.75, 3.05) is 26.7 Å². The van der Waals surface area contributed by atoms with Crippen molar-refractivity contribution in [3.05, 3.63) is 65.2 Å². The minimum atomic E-state index is -1.20. The van der Waals surface area contributed by atoms with Gasteiger partial charge in [0.15, 0.2) is 0 Å². The van der Waals surface area contributed by atoms with Crippen LogP contribution in [0.25, 0.3) is 0 Å². The van der Waals surface area contributed by atoms with Crippen molar-refractivity contribution in [1.82, 2.24) is 15.2 Å². The lowest BCUT2D eigenvalue weighted by molar-refractivity contribution is -0.143. The number of nitrogens with two attached hydrogens (primary N) is 1. The number of carbonyl (C=O) groups excluding carboxylic acids is 3. The van der Waals surface area contributed by atoms with Gasteiger partial charge in [0.1, 0.15) is 23.8 Å². The number of hydrazone groups is 1. The van der Waals surface area contributed by atoms with Crippen LogP contribution in [-0.2, 0) is 20.8 Å². The zero-order chi connectivity index (χ0) is 26.8. The van der Waals surface area contributed by atoms with Crippen LogP contribution in [0.2, 0.25) is 5.02 Å². The Kier molecular flexibility index (Phi) is 7.57. The molecule has 0 bridgehead atoms. The molecular weight excluding hydrogens is 494 g/mol. The number of nitrogens with zero attached hydrogens (tertiary/aromatic N) is 3. The highest BCUT2D eigenvalue weighted by molar-refractivity contribution is 6.30. The van der Waals surface area contributed by atoms with Gasteiger partial charge in [-0.15, -0.1) is 0 Å². The van der Waals surface area contributed by atoms with Crippen molar-refractivity contribution in [3.63, 3.8) is 0 Å². The van der Waals surface area contributed by atoms with Crippen LogP contribution in [0.1, 0.15) is 25.8 Å². The summed E-state index contributed by atoms with van der Waals surface area (Å²) in [4.78, 5) is 41.6. The van der Waals surface area contributed by atoms with Crippen LogP contribution < -0.4 is 15.8 Å². The number of rotatable bonds is 8. The summed E-state index contributed by atoms with van der Waals surface area (Å²) in [5, 5.41) is 9.17. The summed E-state index contributed by atoms with van der Waals surface area (Å²) in [5.74, 6) is -0.476. The molecule has 3 N–H and O–H groups in total. The largest absolute Gasteiger partial charge is 0.491 e. The van der Waals surface area contributed by atoms with E-state index in [1.165, 1.54) is 5.01 Å². The summed E-state index contributed by atoms with van der Waals surface area (Å²) >= 11 is 5.95. The smallest absolute Gasteiger partial charge is 0.256 e. The quantitative estimate of drug-likeness (QED) is 0.548. The maximum absolute atomic E-state index is 13.8. The average Bonchev–Trinajstić information content (AvgIpc) is 3.11. The number of ether oxygens (including phenoxy) is 1. The van der Waals surface area contributed by atoms with Gasteiger partial charge in [-0.2, -0.15) is 5.10 Å². The first-order valence-corrected chi connectivity index (χ1v) is 12.5. The molecular formula is C27H32ClN5O4. The van der Waals surface area contributed by atoms with Gasteiger partial charge in [0, 0.05) is 31.6 Å². The van der Waals surface area contributed by atoms with Gasteiger partial charge in [0.05, 0.1) is 11.3 Å². The van der Waals surface area contributed by atoms with Crippen LogP contribution >= 0.6 is 11.6 Å². The van der Waals surface area contributed by atoms with E-state index in [0.717, 1.165) is 11.3 Å². The van der Waals surface area contributed by atoms with Gasteiger partial charge in [-0.1, -0.05) is 41.9 Å². The van der Waals surface area contributed by atoms with Crippen molar-refractivity contribution in [3.8, 4) is 5.75 Å². The molecule has 1 fully saturated rings. The molecule has 3 amide bonds. The summed E-state index contributed by atoms with van der Waals surface area (Å²) < 4.78 is 5.83. The molecule has 2 aliphatic heterocycles. The molecule has 1 unspecified atom stereocenters. The summed E-state index contributed by atoms with van der Waals surface area (Å²) in [6.45, 7) is 3.54. The first kappa shape index (κ1) is 26.6. The summed E-state index contributed by atoms with van der Waals surface area (Å²) in [6.07, 6.45) is 0.878. The lowest BCUT2D eigenvalue weighted by Gasteiger charge is -2.40. The normalized spacial score (nSPS) is 20.2. The number of amides is 3. The molecule has 196 valence electrons. The third-order valence-corrected chi connectivity index (χ3v) is 6.94. The standard InChI is InChI=1S/C27H32ClN5O4/c1-26(2,29)24(35)30-21(16-37-20-11-9-19(28)10-12-20)23(34)33-14-13-22-27(17-33,25(36)32(3)31-22)15-18-7-5-4-6-8-18/h4-12,21H,13-17,29H2,1-3H3,(H,30,35)/t21?,27-/m1/s1. The highest BCUT2D eigenvalue weighted by atomic mass is 35.5. The zero-order valence-electron chi connectivity index (χ0n) is 21.2. The Hall–Kier alpha value is -3.43. The summed E-state index contributed by atoms with van der Waals surface area (Å²) in [5.41, 5.74) is 5.58. The number of hydrogen-bond donors (Lipinski definition) is 2. The number of hydrogen-bond acceptors (Lipinski definition) is 6. The van der Waals surface area contributed by atoms with Gasteiger partial charge in [0.25, 0.3) is 5.91 Å². The van der Waals surface area contributed by atoms with E-state index >= 15 is 0 Å². The molecule has 0 aliphatic carbocycles. The summed E-state index contributed by atoms with van der Waals surface area (Å²) in [6, 6.07) is 15.4. The second-order valence-electron chi connectivity index (χ2n) is 10.1. The van der Waals surface area contributed by atoms with E-state index in [1.54, 1.807) is 50.1 Å². The first-order valence-electron chi connectivity index (χ1n) is 12.2. The Balaban J connectivity index is 1.58. The van der Waals surface area contributed by atoms with Gasteiger partial charge < -0.3 is 20.7 Å². The van der Waals surface area contributed by atoms with E-state index in [4.69, 9.17) is 22.1 Å². The number of nitrogens with one attached hydrogen (secondary N) is 1. The van der Waals surface area contributed by atoms with Crippen LogP contribution in [0.4, 0.5) is 0 Å². The molecule has 2 aromatic carbocycles. The molecule has 1 saturated heterocycles. The molecule has 2 aliphatic rings. The Labute approximate surface area is 221 Å². The molecule has 4 rings (SSSR count). The molecule has 37 heavy (non-hydrogen) atoms. The molecule has 10 heteroatoms. The van der Waals surface area contributed by atoms with Crippen molar-refractivity contribution in [2.24, 2.45) is 16.3 Å². The predicted octanol–water partition coefficient (Wildman–Crippen LogP) is 2.23. The van der Waals surface area contributed by atoms with E-state index < -0.39 is 22.9 Å². The van der Waals surface area contributed by atoms with Crippen molar-refractivity contribution < 1.29 is 19.1 Å². The van der Waals surface area contributed by atoms with E-state index in [-0.39, 0.29) is 25.0 Å². The second kappa shape index (κ2) is 10.5. The maximum atomic E-state index is 13.8. The monoisotopic (exact) mass is 525 g/mol. The van der Waals surface area contributed by atoms with Gasteiger partial charge in [-0.25, -0.2) is 5.01 Å². The molecule has 2 heterocycles. The molecule has 9 nitrogen and oxygen atoms in total. The molecule has 2 aromatic rings. The number of halogens is 1. The van der Waals surface area contributed by atoms with Gasteiger partial charge in [-0.05, 0) is 50.1 Å². The lowest BCUT2D eigenvalue weighted by atomic mass is 9.73. The number of benzene rings is 2. The molecule has 0 radical (unpaired) electrons. The summed E-state index contributed by atoms with van der Waals surface area (Å²) in [7, 11) is 1.64. The molecule has 2 atom stereocenters. The Morgan fingerprint density at radius 3 is 2.51 bits per heavy atom. The van der Waals surface area contributed by atoms with Gasteiger partial charge in [-0.3, -0.25) is 14.4 Å². The lowest BCUT2D eigenvalue weighted by Crippen LogP contribution is -2.62. The predicted molar refractivity (Wildman–Crippen MR) is 141 cm³/mol. The third kappa shape index (κ3) is 5.78. The van der Waals surface area contributed by atoms with Crippen LogP contribution in [0.15, 0.2) is 59.7 Å². The molecule has 0 spiro atoms. The van der Waals surface area contributed by atoms with E-state index in [9.17, 15) is 14.4 Å². The van der Waals surface area contributed by atoms with E-state index in [0.29, 0.717) is 30.2 Å². The highest BCUT2D eigenvalue weighted by Crippen LogP contribution is 2.38. The van der Waals surface area contributed by atoms with Crippen LogP contribution in [-0.4, -0.2) is 71.7 Å². The Morgan fingerprint density at radius 2 is 1.86 bits per heavy atom. The molecule has 0 saturated carbocycles. The first-order chi connectivity index (χ1) is 17.5. The Morgan fingerprint density at radius 1 is 1.19 bits per heavy atom. The topological polar surface area (TPSA) is 117 Å². The maximum Gasteiger partial charge on any atom is 0.256 e. The minimum absolute atomic E-state index is 0.112.